The van der Waals surface area contributed by atoms with Gasteiger partial charge in [-0.25, -0.2) is 9.48 Å². The number of carbonyl (C=O) groups excluding carboxylic acids is 3. The van der Waals surface area contributed by atoms with E-state index in [4.69, 9.17) is 4.74 Å². The maximum atomic E-state index is 12.5. The van der Waals surface area contributed by atoms with E-state index in [0.29, 0.717) is 28.2 Å². The molecule has 34 heavy (non-hydrogen) atoms. The van der Waals surface area contributed by atoms with Gasteiger partial charge >= 0.3 is 5.97 Å². The molecule has 0 aliphatic heterocycles. The molecule has 0 fully saturated rings. The van der Waals surface area contributed by atoms with Crippen LogP contribution in [0.2, 0.25) is 0 Å². The Labute approximate surface area is 194 Å². The summed E-state index contributed by atoms with van der Waals surface area (Å²) in [5.41, 5.74) is 8.43. The van der Waals surface area contributed by atoms with Crippen LogP contribution < -0.4 is 10.9 Å². The third-order valence-corrected chi connectivity index (χ3v) is 5.06. The number of ether oxygens (including phenoxy) is 1. The Morgan fingerprint density at radius 1 is 1.00 bits per heavy atom. The Hall–Kier alpha value is -4.73. The number of hydrogen-bond donors (Lipinski definition) is 3. The number of hydrazine groups is 1. The van der Waals surface area contributed by atoms with Crippen LogP contribution in [0.25, 0.3) is 16.9 Å². The van der Waals surface area contributed by atoms with Gasteiger partial charge in [0.05, 0.1) is 29.9 Å². The summed E-state index contributed by atoms with van der Waals surface area (Å²) in [5.74, 6) is -1.46. The molecule has 0 saturated heterocycles. The van der Waals surface area contributed by atoms with E-state index in [0.717, 1.165) is 5.56 Å². The first-order chi connectivity index (χ1) is 16.5. The van der Waals surface area contributed by atoms with Gasteiger partial charge in [-0.1, -0.05) is 30.3 Å². The molecular weight excluding hydrogens is 436 g/mol. The summed E-state index contributed by atoms with van der Waals surface area (Å²) in [6.07, 6.45) is 1.45. The predicted octanol–water partition coefficient (Wildman–Crippen LogP) is 2.82. The van der Waals surface area contributed by atoms with Gasteiger partial charge in [-0.3, -0.25) is 25.5 Å². The van der Waals surface area contributed by atoms with Gasteiger partial charge in [0.15, 0.2) is 0 Å². The van der Waals surface area contributed by atoms with Crippen molar-refractivity contribution in [2.45, 2.75) is 13.8 Å². The molecule has 4 rings (SSSR count). The summed E-state index contributed by atoms with van der Waals surface area (Å²) >= 11 is 0. The maximum Gasteiger partial charge on any atom is 0.341 e. The van der Waals surface area contributed by atoms with Crippen LogP contribution in [0.5, 0.6) is 0 Å². The zero-order valence-electron chi connectivity index (χ0n) is 18.5. The number of benzene rings is 2. The average Bonchev–Trinajstić information content (AvgIpc) is 3.50. The van der Waals surface area contributed by atoms with Crippen molar-refractivity contribution in [1.82, 2.24) is 30.8 Å². The van der Waals surface area contributed by atoms with Crippen molar-refractivity contribution in [1.29, 1.82) is 0 Å². The zero-order chi connectivity index (χ0) is 24.1. The second-order valence-electron chi connectivity index (χ2n) is 7.26. The molecule has 0 radical (unpaired) electrons. The van der Waals surface area contributed by atoms with Crippen molar-refractivity contribution < 1.29 is 19.1 Å². The molecular formula is C24H22N6O4. The number of nitrogens with one attached hydrogen (secondary N) is 3. The van der Waals surface area contributed by atoms with Gasteiger partial charge in [0.1, 0.15) is 11.3 Å². The SMILES string of the molecule is CCOC(=O)c1cnn(-c2ccc(C(=O)NNC(=O)c3cc(-c4ccccc4)n[nH]3)cc2)c1C. The highest BCUT2D eigenvalue weighted by Gasteiger charge is 2.17. The Bertz CT molecular complexity index is 1330. The number of hydrogen-bond acceptors (Lipinski definition) is 6. The number of nitrogens with zero attached hydrogens (tertiary/aromatic N) is 3. The molecule has 4 aromatic rings. The molecule has 10 nitrogen and oxygen atoms in total. The van der Waals surface area contributed by atoms with E-state index in [1.165, 1.54) is 6.20 Å². The Morgan fingerprint density at radius 3 is 2.41 bits per heavy atom. The standard InChI is InChI=1S/C24H22N6O4/c1-3-34-24(33)19-14-25-30(15(19)2)18-11-9-17(10-12-18)22(31)28-29-23(32)21-13-20(26-27-21)16-7-5-4-6-8-16/h4-14H,3H2,1-2H3,(H,26,27)(H,28,31)(H,29,32). The smallest absolute Gasteiger partial charge is 0.341 e. The van der Waals surface area contributed by atoms with E-state index in [9.17, 15) is 14.4 Å². The number of H-pyrrole nitrogens is 1. The minimum absolute atomic E-state index is 0.209. The van der Waals surface area contributed by atoms with Gasteiger partial charge in [-0.2, -0.15) is 10.2 Å². The molecule has 172 valence electrons. The molecule has 2 heterocycles. The Morgan fingerprint density at radius 2 is 1.71 bits per heavy atom. The number of rotatable bonds is 6. The highest BCUT2D eigenvalue weighted by Crippen LogP contribution is 2.17. The Balaban J connectivity index is 1.38. The van der Waals surface area contributed by atoms with E-state index in [-0.39, 0.29) is 12.3 Å². The highest BCUT2D eigenvalue weighted by molar-refractivity contribution is 5.98. The number of esters is 1. The van der Waals surface area contributed by atoms with E-state index < -0.39 is 17.8 Å². The number of aromatic amines is 1. The molecule has 2 aromatic carbocycles. The molecule has 0 aliphatic carbocycles. The van der Waals surface area contributed by atoms with E-state index in [1.54, 1.807) is 48.9 Å². The van der Waals surface area contributed by atoms with Crippen molar-refractivity contribution in [3.05, 3.63) is 89.4 Å². The van der Waals surface area contributed by atoms with Gasteiger partial charge in [0.25, 0.3) is 11.8 Å². The minimum atomic E-state index is -0.529. The average molecular weight is 458 g/mol. The first-order valence-corrected chi connectivity index (χ1v) is 10.5. The van der Waals surface area contributed by atoms with Crippen LogP contribution in [0.4, 0.5) is 0 Å². The first-order valence-electron chi connectivity index (χ1n) is 10.5. The molecule has 0 saturated carbocycles. The molecule has 0 atom stereocenters. The first kappa shape index (κ1) is 22.5. The lowest BCUT2D eigenvalue weighted by molar-refractivity contribution is 0.0525. The zero-order valence-corrected chi connectivity index (χ0v) is 18.5. The second kappa shape index (κ2) is 9.82. The van der Waals surface area contributed by atoms with Gasteiger partial charge < -0.3 is 4.74 Å². The minimum Gasteiger partial charge on any atom is -0.462 e. The normalized spacial score (nSPS) is 10.5. The van der Waals surface area contributed by atoms with Gasteiger partial charge in [-0.15, -0.1) is 0 Å². The van der Waals surface area contributed by atoms with Crippen molar-refractivity contribution in [3.63, 3.8) is 0 Å². The summed E-state index contributed by atoms with van der Waals surface area (Å²) in [4.78, 5) is 36.8. The van der Waals surface area contributed by atoms with Crippen molar-refractivity contribution >= 4 is 17.8 Å². The third kappa shape index (κ3) is 4.70. The lowest BCUT2D eigenvalue weighted by atomic mass is 10.1. The summed E-state index contributed by atoms with van der Waals surface area (Å²) in [6.45, 7) is 3.77. The second-order valence-corrected chi connectivity index (χ2v) is 7.26. The number of aromatic nitrogens is 4. The largest absolute Gasteiger partial charge is 0.462 e. The van der Waals surface area contributed by atoms with Crippen LogP contribution in [-0.4, -0.2) is 44.4 Å². The molecule has 0 spiro atoms. The van der Waals surface area contributed by atoms with Crippen LogP contribution in [0.1, 0.15) is 43.8 Å². The van der Waals surface area contributed by atoms with Crippen LogP contribution in [0, 0.1) is 6.92 Å². The Kier molecular flexibility index (Phi) is 6.49. The highest BCUT2D eigenvalue weighted by atomic mass is 16.5. The fourth-order valence-corrected chi connectivity index (χ4v) is 3.28. The monoisotopic (exact) mass is 458 g/mol. The summed E-state index contributed by atoms with van der Waals surface area (Å²) in [7, 11) is 0. The lowest BCUT2D eigenvalue weighted by Gasteiger charge is -2.08. The fraction of sp³-hybridized carbons (Fsp3) is 0.125. The van der Waals surface area contributed by atoms with Gasteiger partial charge in [-0.05, 0) is 44.2 Å². The lowest BCUT2D eigenvalue weighted by Crippen LogP contribution is -2.41. The fourth-order valence-electron chi connectivity index (χ4n) is 3.28. The summed E-state index contributed by atoms with van der Waals surface area (Å²) in [5, 5.41) is 11.0. The van der Waals surface area contributed by atoms with E-state index in [1.807, 2.05) is 30.3 Å². The molecule has 2 amide bonds. The molecule has 10 heteroatoms. The molecule has 3 N–H and O–H groups in total. The number of carbonyl (C=O) groups is 3. The van der Waals surface area contributed by atoms with Gasteiger partial charge in [0.2, 0.25) is 0 Å². The predicted molar refractivity (Wildman–Crippen MR) is 123 cm³/mol. The van der Waals surface area contributed by atoms with Crippen LogP contribution in [-0.2, 0) is 4.74 Å². The number of amides is 2. The van der Waals surface area contributed by atoms with Crippen LogP contribution >= 0.6 is 0 Å². The van der Waals surface area contributed by atoms with Crippen LogP contribution in [0.3, 0.4) is 0 Å². The topological polar surface area (TPSA) is 131 Å². The summed E-state index contributed by atoms with van der Waals surface area (Å²) in [6, 6.07) is 17.6. The third-order valence-electron chi connectivity index (χ3n) is 5.06. The molecule has 0 unspecified atom stereocenters. The van der Waals surface area contributed by atoms with E-state index >= 15 is 0 Å². The molecule has 2 aromatic heterocycles. The molecule has 0 aliphatic rings. The summed E-state index contributed by atoms with van der Waals surface area (Å²) < 4.78 is 6.61. The van der Waals surface area contributed by atoms with Crippen molar-refractivity contribution in [2.24, 2.45) is 0 Å². The van der Waals surface area contributed by atoms with Crippen molar-refractivity contribution in [3.8, 4) is 16.9 Å². The quantitative estimate of drug-likeness (QED) is 0.301. The maximum absolute atomic E-state index is 12.5. The van der Waals surface area contributed by atoms with Crippen molar-refractivity contribution in [2.75, 3.05) is 6.61 Å². The van der Waals surface area contributed by atoms with E-state index in [2.05, 4.69) is 26.1 Å². The van der Waals surface area contributed by atoms with Gasteiger partial charge in [0, 0.05) is 11.1 Å². The molecule has 0 bridgehead atoms. The van der Waals surface area contributed by atoms with Crippen LogP contribution in [0.15, 0.2) is 66.9 Å².